The maximum atomic E-state index is 12.6. The number of nitrogens with one attached hydrogen (secondary N) is 1. The molecule has 0 radical (unpaired) electrons. The van der Waals surface area contributed by atoms with Gasteiger partial charge in [-0.3, -0.25) is 9.59 Å². The van der Waals surface area contributed by atoms with E-state index in [1.165, 1.54) is 15.9 Å². The van der Waals surface area contributed by atoms with Gasteiger partial charge in [0.1, 0.15) is 10.0 Å². The summed E-state index contributed by atoms with van der Waals surface area (Å²) in [6, 6.07) is 1.69. The van der Waals surface area contributed by atoms with Gasteiger partial charge in [0, 0.05) is 17.3 Å². The standard InChI is InChI=1S/C16H14ClN5O2S/c17-11-12(21-22-7-3-6-19-14(11)22)15(24)20-16-10(13(18)23)8-4-1-2-5-9(8)25-16/h3,6-7H,1-2,4-5H2,(H2,18,23)(H,20,24). The summed E-state index contributed by atoms with van der Waals surface area (Å²) in [6.07, 6.45) is 7.02. The normalized spacial score (nSPS) is 13.6. The van der Waals surface area contributed by atoms with Crippen molar-refractivity contribution >= 4 is 45.4 Å². The summed E-state index contributed by atoms with van der Waals surface area (Å²) in [7, 11) is 0. The van der Waals surface area contributed by atoms with Crippen LogP contribution in [0, 0.1) is 0 Å². The van der Waals surface area contributed by atoms with Gasteiger partial charge in [-0.25, -0.2) is 9.50 Å². The van der Waals surface area contributed by atoms with Gasteiger partial charge in [0.15, 0.2) is 11.3 Å². The van der Waals surface area contributed by atoms with Gasteiger partial charge in [-0.05, 0) is 37.3 Å². The average molecular weight is 376 g/mol. The van der Waals surface area contributed by atoms with Crippen molar-refractivity contribution in [3.8, 4) is 0 Å². The second-order valence-corrected chi connectivity index (χ2v) is 7.27. The number of amides is 2. The summed E-state index contributed by atoms with van der Waals surface area (Å²) in [5.41, 5.74) is 7.37. The molecule has 3 aromatic heterocycles. The number of thiophene rings is 1. The first kappa shape index (κ1) is 16.0. The number of hydrogen-bond donors (Lipinski definition) is 2. The Morgan fingerprint density at radius 3 is 2.88 bits per heavy atom. The quantitative estimate of drug-likeness (QED) is 0.734. The van der Waals surface area contributed by atoms with Crippen LogP contribution in [0.4, 0.5) is 5.00 Å². The van der Waals surface area contributed by atoms with Crippen molar-refractivity contribution in [3.05, 3.63) is 45.2 Å². The van der Waals surface area contributed by atoms with Gasteiger partial charge in [0.2, 0.25) is 0 Å². The Balaban J connectivity index is 1.72. The lowest BCUT2D eigenvalue weighted by Gasteiger charge is -2.11. The fraction of sp³-hybridized carbons (Fsp3) is 0.250. The lowest BCUT2D eigenvalue weighted by molar-refractivity contribution is 0.100. The van der Waals surface area contributed by atoms with E-state index >= 15 is 0 Å². The zero-order valence-corrected chi connectivity index (χ0v) is 14.7. The monoisotopic (exact) mass is 375 g/mol. The van der Waals surface area contributed by atoms with Crippen molar-refractivity contribution in [2.75, 3.05) is 5.32 Å². The maximum Gasteiger partial charge on any atom is 0.278 e. The number of carbonyl (C=O) groups excluding carboxylic acids is 2. The SMILES string of the molecule is NC(=O)c1c(NC(=O)c2nn3cccnc3c2Cl)sc2c1CCCC2. The fourth-order valence-corrected chi connectivity index (χ4v) is 4.63. The Kier molecular flexibility index (Phi) is 3.93. The first-order chi connectivity index (χ1) is 12.1. The molecule has 25 heavy (non-hydrogen) atoms. The highest BCUT2D eigenvalue weighted by Gasteiger charge is 2.27. The predicted octanol–water partition coefficient (Wildman–Crippen LogP) is 2.67. The van der Waals surface area contributed by atoms with Crippen LogP contribution in [0.3, 0.4) is 0 Å². The Bertz CT molecular complexity index is 1010. The van der Waals surface area contributed by atoms with Crippen LogP contribution in [0.5, 0.6) is 0 Å². The molecule has 4 rings (SSSR count). The summed E-state index contributed by atoms with van der Waals surface area (Å²) in [4.78, 5) is 29.8. The third-order valence-electron chi connectivity index (χ3n) is 4.20. The molecule has 128 valence electrons. The largest absolute Gasteiger partial charge is 0.365 e. The molecule has 0 saturated carbocycles. The van der Waals surface area contributed by atoms with E-state index in [9.17, 15) is 9.59 Å². The zero-order chi connectivity index (χ0) is 17.6. The highest BCUT2D eigenvalue weighted by Crippen LogP contribution is 2.38. The lowest BCUT2D eigenvalue weighted by atomic mass is 9.95. The van der Waals surface area contributed by atoms with Crippen LogP contribution in [0.15, 0.2) is 18.5 Å². The van der Waals surface area contributed by atoms with Gasteiger partial charge in [-0.2, -0.15) is 5.10 Å². The third-order valence-corrected chi connectivity index (χ3v) is 5.75. The Labute approximate surface area is 151 Å². The third kappa shape index (κ3) is 2.67. The number of halogens is 1. The minimum atomic E-state index is -0.530. The number of aryl methyl sites for hydroxylation is 1. The molecule has 3 N–H and O–H groups in total. The molecule has 3 heterocycles. The van der Waals surface area contributed by atoms with Crippen LogP contribution in [0.2, 0.25) is 5.02 Å². The van der Waals surface area contributed by atoms with Crippen molar-refractivity contribution in [1.82, 2.24) is 14.6 Å². The molecule has 0 spiro atoms. The van der Waals surface area contributed by atoms with Gasteiger partial charge in [0.05, 0.1) is 5.56 Å². The number of carbonyl (C=O) groups is 2. The summed E-state index contributed by atoms with van der Waals surface area (Å²) in [5.74, 6) is -1.02. The Hall–Kier alpha value is -2.45. The van der Waals surface area contributed by atoms with E-state index in [-0.39, 0.29) is 10.7 Å². The van der Waals surface area contributed by atoms with Gasteiger partial charge in [-0.1, -0.05) is 11.6 Å². The van der Waals surface area contributed by atoms with E-state index in [0.717, 1.165) is 36.1 Å². The number of aromatic nitrogens is 3. The molecule has 0 aliphatic heterocycles. The highest BCUT2D eigenvalue weighted by atomic mass is 35.5. The topological polar surface area (TPSA) is 102 Å². The van der Waals surface area contributed by atoms with E-state index < -0.39 is 11.8 Å². The number of hydrogen-bond acceptors (Lipinski definition) is 5. The van der Waals surface area contributed by atoms with Crippen molar-refractivity contribution in [1.29, 1.82) is 0 Å². The van der Waals surface area contributed by atoms with Crippen molar-refractivity contribution in [2.24, 2.45) is 5.73 Å². The zero-order valence-electron chi connectivity index (χ0n) is 13.1. The summed E-state index contributed by atoms with van der Waals surface area (Å²) in [6.45, 7) is 0. The molecule has 0 fully saturated rings. The average Bonchev–Trinajstić information content (AvgIpc) is 3.13. The minimum absolute atomic E-state index is 0.0576. The molecule has 9 heteroatoms. The van der Waals surface area contributed by atoms with Crippen LogP contribution < -0.4 is 11.1 Å². The van der Waals surface area contributed by atoms with Gasteiger partial charge < -0.3 is 11.1 Å². The number of rotatable bonds is 3. The number of anilines is 1. The number of nitrogens with two attached hydrogens (primary N) is 1. The number of primary amides is 1. The van der Waals surface area contributed by atoms with Gasteiger partial charge in [0.25, 0.3) is 11.8 Å². The second kappa shape index (κ2) is 6.12. The van der Waals surface area contributed by atoms with Crippen LogP contribution in [-0.2, 0) is 12.8 Å². The summed E-state index contributed by atoms with van der Waals surface area (Å²) in [5, 5.41) is 7.55. The molecule has 0 bridgehead atoms. The summed E-state index contributed by atoms with van der Waals surface area (Å²) < 4.78 is 1.44. The van der Waals surface area contributed by atoms with E-state index in [1.807, 2.05) is 0 Å². The molecule has 1 aliphatic carbocycles. The van der Waals surface area contributed by atoms with Gasteiger partial charge in [-0.15, -0.1) is 11.3 Å². The highest BCUT2D eigenvalue weighted by molar-refractivity contribution is 7.17. The van der Waals surface area contributed by atoms with Gasteiger partial charge >= 0.3 is 0 Å². The maximum absolute atomic E-state index is 12.6. The van der Waals surface area contributed by atoms with Crippen molar-refractivity contribution < 1.29 is 9.59 Å². The molecule has 3 aromatic rings. The van der Waals surface area contributed by atoms with Crippen LogP contribution >= 0.6 is 22.9 Å². The second-order valence-electron chi connectivity index (χ2n) is 5.78. The molecule has 1 aliphatic rings. The molecule has 0 atom stereocenters. The molecule has 0 saturated heterocycles. The van der Waals surface area contributed by atoms with E-state index in [2.05, 4.69) is 15.4 Å². The van der Waals surface area contributed by atoms with E-state index in [0.29, 0.717) is 16.2 Å². The van der Waals surface area contributed by atoms with Crippen LogP contribution in [-0.4, -0.2) is 26.4 Å². The fourth-order valence-electron chi connectivity index (χ4n) is 3.08. The molecule has 7 nitrogen and oxygen atoms in total. The molecule has 0 aromatic carbocycles. The first-order valence-corrected chi connectivity index (χ1v) is 9.00. The molecular formula is C16H14ClN5O2S. The molecule has 0 unspecified atom stereocenters. The summed E-state index contributed by atoms with van der Waals surface area (Å²) >= 11 is 7.63. The minimum Gasteiger partial charge on any atom is -0.365 e. The van der Waals surface area contributed by atoms with E-state index in [4.69, 9.17) is 17.3 Å². The molecule has 2 amide bonds. The van der Waals surface area contributed by atoms with Crippen molar-refractivity contribution in [2.45, 2.75) is 25.7 Å². The van der Waals surface area contributed by atoms with Crippen LogP contribution in [0.25, 0.3) is 5.65 Å². The smallest absolute Gasteiger partial charge is 0.278 e. The first-order valence-electron chi connectivity index (χ1n) is 7.81. The van der Waals surface area contributed by atoms with E-state index in [1.54, 1.807) is 18.5 Å². The lowest BCUT2D eigenvalue weighted by Crippen LogP contribution is -2.19. The Morgan fingerprint density at radius 2 is 2.12 bits per heavy atom. The predicted molar refractivity (Wildman–Crippen MR) is 95.4 cm³/mol. The molecular weight excluding hydrogens is 362 g/mol. The van der Waals surface area contributed by atoms with Crippen LogP contribution in [0.1, 0.15) is 44.1 Å². The van der Waals surface area contributed by atoms with Crippen molar-refractivity contribution in [3.63, 3.8) is 0 Å². The Morgan fingerprint density at radius 1 is 1.32 bits per heavy atom. The number of fused-ring (bicyclic) bond motifs is 2. The number of nitrogens with zero attached hydrogens (tertiary/aromatic N) is 3.